The number of rotatable bonds is 25. The minimum absolute atomic E-state index is 0.0782. The van der Waals surface area contributed by atoms with Gasteiger partial charge in [-0.3, -0.25) is 4.79 Å². The molecular weight excluding hydrogens is 384 g/mol. The number of aliphatic hydroxyl groups is 1. The Bertz CT molecular complexity index is 403. The maximum Gasteiger partial charge on any atom is 0.307 e. The van der Waals surface area contributed by atoms with Gasteiger partial charge in [-0.2, -0.15) is 0 Å². The van der Waals surface area contributed by atoms with E-state index in [1.165, 1.54) is 134 Å². The molecule has 0 aromatic heterocycles. The third kappa shape index (κ3) is 27.0. The molecule has 0 saturated heterocycles. The fraction of sp³-hybridized carbons (Fsp3) is 0.893. The second-order valence-electron chi connectivity index (χ2n) is 9.47. The first-order valence-electron chi connectivity index (χ1n) is 13.8. The maximum atomic E-state index is 10.4. The number of aliphatic carboxylic acids is 1. The van der Waals surface area contributed by atoms with E-state index in [-0.39, 0.29) is 12.2 Å². The van der Waals surface area contributed by atoms with Crippen LogP contribution in [0.3, 0.4) is 0 Å². The van der Waals surface area contributed by atoms with E-state index >= 15 is 0 Å². The summed E-state index contributed by atoms with van der Waals surface area (Å²) in [6, 6.07) is 0. The molecule has 0 aliphatic rings. The third-order valence-electron chi connectivity index (χ3n) is 6.30. The van der Waals surface area contributed by atoms with Crippen molar-refractivity contribution in [1.82, 2.24) is 0 Å². The molecule has 0 rings (SSSR count). The summed E-state index contributed by atoms with van der Waals surface area (Å²) in [5, 5.41) is 18.1. The number of hydrogen-bond acceptors (Lipinski definition) is 2. The Labute approximate surface area is 194 Å². The summed E-state index contributed by atoms with van der Waals surface area (Å²) in [7, 11) is 0. The largest absolute Gasteiger partial charge is 0.513 e. The van der Waals surface area contributed by atoms with Gasteiger partial charge < -0.3 is 10.2 Å². The number of hydrogen-bond donors (Lipinski definition) is 2. The quantitative estimate of drug-likeness (QED) is 0.110. The van der Waals surface area contributed by atoms with Crippen LogP contribution in [0.2, 0.25) is 0 Å². The summed E-state index contributed by atoms with van der Waals surface area (Å²) >= 11 is 0. The number of unbranched alkanes of at least 4 members (excludes halogenated alkanes) is 21. The van der Waals surface area contributed by atoms with Crippen molar-refractivity contribution in [1.29, 1.82) is 0 Å². The molecule has 0 spiro atoms. The highest BCUT2D eigenvalue weighted by Gasteiger charge is 1.98. The topological polar surface area (TPSA) is 57.5 Å². The molecule has 0 aliphatic carbocycles. The normalized spacial score (nSPS) is 11.8. The van der Waals surface area contributed by atoms with Crippen molar-refractivity contribution in [2.24, 2.45) is 0 Å². The Morgan fingerprint density at radius 3 is 1.10 bits per heavy atom. The van der Waals surface area contributed by atoms with E-state index in [1.54, 1.807) is 0 Å². The van der Waals surface area contributed by atoms with Crippen LogP contribution < -0.4 is 0 Å². The molecule has 0 atom stereocenters. The molecule has 0 aromatic carbocycles. The molecule has 0 fully saturated rings. The summed E-state index contributed by atoms with van der Waals surface area (Å²) in [6.45, 7) is 2.29. The summed E-state index contributed by atoms with van der Waals surface area (Å²) < 4.78 is 0. The molecule has 31 heavy (non-hydrogen) atoms. The van der Waals surface area contributed by atoms with Crippen LogP contribution in [0.5, 0.6) is 0 Å². The minimum atomic E-state index is -0.888. The lowest BCUT2D eigenvalue weighted by molar-refractivity contribution is -0.136. The Morgan fingerprint density at radius 1 is 0.516 bits per heavy atom. The summed E-state index contributed by atoms with van der Waals surface area (Å²) in [5.41, 5.74) is 0. The molecule has 0 radical (unpaired) electrons. The van der Waals surface area contributed by atoms with Gasteiger partial charge in [-0.25, -0.2) is 0 Å². The zero-order valence-electron chi connectivity index (χ0n) is 20.9. The zero-order chi connectivity index (χ0) is 22.8. The van der Waals surface area contributed by atoms with E-state index in [1.807, 2.05) is 0 Å². The molecule has 3 heteroatoms. The van der Waals surface area contributed by atoms with Gasteiger partial charge in [0.2, 0.25) is 0 Å². The summed E-state index contributed by atoms with van der Waals surface area (Å²) in [6.07, 6.45) is 32.2. The van der Waals surface area contributed by atoms with Crippen molar-refractivity contribution in [2.75, 3.05) is 0 Å². The maximum absolute atomic E-state index is 10.4. The average Bonchev–Trinajstić information content (AvgIpc) is 2.75. The third-order valence-corrected chi connectivity index (χ3v) is 6.30. The van der Waals surface area contributed by atoms with E-state index in [0.717, 1.165) is 12.8 Å². The van der Waals surface area contributed by atoms with Gasteiger partial charge >= 0.3 is 5.97 Å². The molecule has 0 unspecified atom stereocenters. The molecule has 0 heterocycles. The minimum Gasteiger partial charge on any atom is -0.513 e. The SMILES string of the molecule is CCCCCCCCCCCCCCCCCCCCCCCCC(O)=CCC(=O)O. The van der Waals surface area contributed by atoms with Crippen LogP contribution in [0.15, 0.2) is 11.8 Å². The van der Waals surface area contributed by atoms with Crippen molar-refractivity contribution in [3.05, 3.63) is 11.8 Å². The lowest BCUT2D eigenvalue weighted by Gasteiger charge is -2.04. The van der Waals surface area contributed by atoms with Gasteiger partial charge in [0, 0.05) is 6.42 Å². The molecule has 0 aliphatic heterocycles. The van der Waals surface area contributed by atoms with Crippen molar-refractivity contribution in [2.45, 2.75) is 161 Å². The number of carboxylic acids is 1. The standard InChI is InChI=1S/C28H54O3/c1-2-3-4-5-6-7-8-9-10-11-12-13-14-15-16-17-18-19-20-21-22-23-24-27(29)25-26-28(30)31/h25,29H,2-24,26H2,1H3,(H,30,31). The zero-order valence-corrected chi connectivity index (χ0v) is 20.9. The molecule has 0 amide bonds. The second-order valence-corrected chi connectivity index (χ2v) is 9.47. The Morgan fingerprint density at radius 2 is 0.806 bits per heavy atom. The van der Waals surface area contributed by atoms with Crippen LogP contribution in [-0.4, -0.2) is 16.2 Å². The molecular formula is C28H54O3. The van der Waals surface area contributed by atoms with Crippen LogP contribution >= 0.6 is 0 Å². The number of carbonyl (C=O) groups is 1. The van der Waals surface area contributed by atoms with E-state index in [4.69, 9.17) is 5.11 Å². The Kier molecular flexibility index (Phi) is 24.5. The van der Waals surface area contributed by atoms with Crippen LogP contribution in [0.4, 0.5) is 0 Å². The van der Waals surface area contributed by atoms with Crippen molar-refractivity contribution in [3.63, 3.8) is 0 Å². The smallest absolute Gasteiger partial charge is 0.307 e. The van der Waals surface area contributed by atoms with Gasteiger partial charge in [0.05, 0.1) is 12.2 Å². The van der Waals surface area contributed by atoms with Crippen LogP contribution in [0.1, 0.15) is 161 Å². The van der Waals surface area contributed by atoms with Gasteiger partial charge in [0.25, 0.3) is 0 Å². The Balaban J connectivity index is 3.11. The van der Waals surface area contributed by atoms with E-state index < -0.39 is 5.97 Å². The van der Waals surface area contributed by atoms with Gasteiger partial charge in [0.15, 0.2) is 0 Å². The van der Waals surface area contributed by atoms with Gasteiger partial charge in [-0.1, -0.05) is 142 Å². The fourth-order valence-electron chi connectivity index (χ4n) is 4.22. The van der Waals surface area contributed by atoms with Crippen molar-refractivity contribution >= 4 is 5.97 Å². The number of allylic oxidation sites excluding steroid dienone is 1. The molecule has 0 saturated carbocycles. The van der Waals surface area contributed by atoms with Crippen LogP contribution in [0, 0.1) is 0 Å². The Hall–Kier alpha value is -0.990. The van der Waals surface area contributed by atoms with Crippen molar-refractivity contribution < 1.29 is 15.0 Å². The first-order valence-corrected chi connectivity index (χ1v) is 13.8. The predicted molar refractivity (Wildman–Crippen MR) is 135 cm³/mol. The van der Waals surface area contributed by atoms with E-state index in [2.05, 4.69) is 6.92 Å². The van der Waals surface area contributed by atoms with Gasteiger partial charge in [0.1, 0.15) is 0 Å². The molecule has 3 nitrogen and oxygen atoms in total. The predicted octanol–water partition coefficient (Wildman–Crippen LogP) is 9.90. The molecule has 184 valence electrons. The number of carboxylic acid groups (broad SMARTS) is 1. The van der Waals surface area contributed by atoms with E-state index in [0.29, 0.717) is 6.42 Å². The molecule has 0 bridgehead atoms. The van der Waals surface area contributed by atoms with Crippen LogP contribution in [0.25, 0.3) is 0 Å². The van der Waals surface area contributed by atoms with Gasteiger partial charge in [-0.05, 0) is 12.5 Å². The van der Waals surface area contributed by atoms with E-state index in [9.17, 15) is 9.90 Å². The van der Waals surface area contributed by atoms with Crippen molar-refractivity contribution in [3.8, 4) is 0 Å². The second kappa shape index (κ2) is 25.3. The average molecular weight is 439 g/mol. The highest BCUT2D eigenvalue weighted by Crippen LogP contribution is 2.16. The fourth-order valence-corrected chi connectivity index (χ4v) is 4.22. The lowest BCUT2D eigenvalue weighted by atomic mass is 10.0. The first kappa shape index (κ1) is 30.0. The van der Waals surface area contributed by atoms with Gasteiger partial charge in [-0.15, -0.1) is 0 Å². The molecule has 0 aromatic rings. The lowest BCUT2D eigenvalue weighted by Crippen LogP contribution is -1.92. The highest BCUT2D eigenvalue weighted by atomic mass is 16.4. The molecule has 2 N–H and O–H groups in total. The monoisotopic (exact) mass is 438 g/mol. The number of aliphatic hydroxyl groups excluding tert-OH is 1. The summed E-state index contributed by atoms with van der Waals surface area (Å²) in [4.78, 5) is 10.4. The highest BCUT2D eigenvalue weighted by molar-refractivity contribution is 5.68. The first-order chi connectivity index (χ1) is 15.2. The summed E-state index contributed by atoms with van der Waals surface area (Å²) in [5.74, 6) is -0.656. The van der Waals surface area contributed by atoms with Crippen LogP contribution in [-0.2, 0) is 4.79 Å².